The van der Waals surface area contributed by atoms with E-state index in [0.29, 0.717) is 12.0 Å². The zero-order chi connectivity index (χ0) is 11.8. The molecular formula is C14H18N2S. The minimum atomic E-state index is 0.311. The molecule has 0 aliphatic heterocycles. The van der Waals surface area contributed by atoms with E-state index in [4.69, 9.17) is 10.7 Å². The van der Waals surface area contributed by atoms with Crippen molar-refractivity contribution in [3.8, 4) is 0 Å². The third kappa shape index (κ3) is 2.09. The number of hydrogen-bond donors (Lipinski definition) is 1. The van der Waals surface area contributed by atoms with Crippen LogP contribution in [0, 0.1) is 6.92 Å². The summed E-state index contributed by atoms with van der Waals surface area (Å²) in [4.78, 5) is 4.79. The quantitative estimate of drug-likeness (QED) is 0.835. The lowest BCUT2D eigenvalue weighted by molar-refractivity contribution is 0.385. The van der Waals surface area contributed by atoms with Crippen molar-refractivity contribution in [1.82, 2.24) is 4.98 Å². The van der Waals surface area contributed by atoms with Crippen LogP contribution in [0.3, 0.4) is 0 Å². The molecule has 1 aromatic carbocycles. The van der Waals surface area contributed by atoms with Gasteiger partial charge in [0.15, 0.2) is 0 Å². The predicted octanol–water partition coefficient (Wildman–Crippen LogP) is 3.59. The van der Waals surface area contributed by atoms with Crippen LogP contribution in [-0.2, 0) is 0 Å². The molecule has 3 heteroatoms. The number of benzene rings is 1. The number of nitrogens with two attached hydrogens (primary N) is 1. The highest BCUT2D eigenvalue weighted by atomic mass is 32.1. The fraction of sp³-hybridized carbons (Fsp3) is 0.500. The van der Waals surface area contributed by atoms with Gasteiger partial charge in [-0.2, -0.15) is 0 Å². The molecule has 1 aliphatic carbocycles. The normalized spacial score (nSPS) is 25.3. The minimum Gasteiger partial charge on any atom is -0.327 e. The molecule has 3 rings (SSSR count). The lowest BCUT2D eigenvalue weighted by Crippen LogP contribution is -2.31. The Hall–Kier alpha value is -0.930. The molecule has 1 aliphatic rings. The largest absolute Gasteiger partial charge is 0.327 e. The van der Waals surface area contributed by atoms with Crippen LogP contribution in [0.1, 0.15) is 42.2 Å². The topological polar surface area (TPSA) is 38.9 Å². The fourth-order valence-electron chi connectivity index (χ4n) is 2.68. The Balaban J connectivity index is 1.99. The van der Waals surface area contributed by atoms with Crippen LogP contribution < -0.4 is 5.73 Å². The van der Waals surface area contributed by atoms with Gasteiger partial charge in [0, 0.05) is 12.0 Å². The Kier molecular flexibility index (Phi) is 2.89. The first-order chi connectivity index (χ1) is 8.24. The van der Waals surface area contributed by atoms with E-state index in [0.717, 1.165) is 11.9 Å². The van der Waals surface area contributed by atoms with Crippen molar-refractivity contribution in [2.75, 3.05) is 0 Å². The molecular weight excluding hydrogens is 228 g/mol. The van der Waals surface area contributed by atoms with Gasteiger partial charge in [0.1, 0.15) is 0 Å². The van der Waals surface area contributed by atoms with Crippen LogP contribution in [0.15, 0.2) is 18.2 Å². The molecule has 2 atom stereocenters. The van der Waals surface area contributed by atoms with E-state index in [9.17, 15) is 0 Å². The third-order valence-electron chi connectivity index (χ3n) is 3.70. The van der Waals surface area contributed by atoms with E-state index < -0.39 is 0 Å². The molecule has 2 nitrogen and oxygen atoms in total. The summed E-state index contributed by atoms with van der Waals surface area (Å²) in [6.07, 6.45) is 4.94. The smallest absolute Gasteiger partial charge is 0.0984 e. The minimum absolute atomic E-state index is 0.311. The highest BCUT2D eigenvalue weighted by molar-refractivity contribution is 7.18. The Labute approximate surface area is 106 Å². The number of hydrogen-bond acceptors (Lipinski definition) is 3. The van der Waals surface area contributed by atoms with Crippen molar-refractivity contribution in [3.63, 3.8) is 0 Å². The average Bonchev–Trinajstić information content (AvgIpc) is 2.72. The molecule has 0 amide bonds. The van der Waals surface area contributed by atoms with Crippen LogP contribution >= 0.6 is 11.3 Å². The Morgan fingerprint density at radius 1 is 1.29 bits per heavy atom. The lowest BCUT2D eigenvalue weighted by atomic mass is 9.85. The summed E-state index contributed by atoms with van der Waals surface area (Å²) in [7, 11) is 0. The fourth-order valence-corrected chi connectivity index (χ4v) is 3.84. The summed E-state index contributed by atoms with van der Waals surface area (Å²) < 4.78 is 1.29. The van der Waals surface area contributed by atoms with Gasteiger partial charge in [0.2, 0.25) is 0 Å². The zero-order valence-corrected chi connectivity index (χ0v) is 11.0. The second-order valence-corrected chi connectivity index (χ2v) is 6.14. The van der Waals surface area contributed by atoms with Gasteiger partial charge in [-0.25, -0.2) is 4.98 Å². The van der Waals surface area contributed by atoms with Crippen molar-refractivity contribution < 1.29 is 0 Å². The lowest BCUT2D eigenvalue weighted by Gasteiger charge is -2.26. The molecule has 1 aromatic heterocycles. The number of fused-ring (bicyclic) bond motifs is 1. The Bertz CT molecular complexity index is 532. The summed E-state index contributed by atoms with van der Waals surface area (Å²) in [6, 6.07) is 6.82. The van der Waals surface area contributed by atoms with Crippen molar-refractivity contribution >= 4 is 21.6 Å². The van der Waals surface area contributed by atoms with E-state index in [1.54, 1.807) is 0 Å². The van der Waals surface area contributed by atoms with E-state index in [-0.39, 0.29) is 0 Å². The van der Waals surface area contributed by atoms with Crippen molar-refractivity contribution in [2.24, 2.45) is 5.73 Å². The van der Waals surface area contributed by atoms with Crippen LogP contribution in [0.25, 0.3) is 10.2 Å². The first-order valence-corrected chi connectivity index (χ1v) is 7.18. The van der Waals surface area contributed by atoms with E-state index in [1.165, 1.54) is 34.5 Å². The van der Waals surface area contributed by atoms with E-state index in [2.05, 4.69) is 25.1 Å². The molecule has 2 unspecified atom stereocenters. The summed E-state index contributed by atoms with van der Waals surface area (Å²) in [5, 5.41) is 1.25. The summed E-state index contributed by atoms with van der Waals surface area (Å²) in [5.74, 6) is 0.487. The second-order valence-electron chi connectivity index (χ2n) is 5.08. The molecule has 1 saturated carbocycles. The highest BCUT2D eigenvalue weighted by Gasteiger charge is 2.26. The maximum atomic E-state index is 6.23. The molecule has 1 heterocycles. The van der Waals surface area contributed by atoms with Gasteiger partial charge >= 0.3 is 0 Å². The first-order valence-electron chi connectivity index (χ1n) is 6.37. The monoisotopic (exact) mass is 246 g/mol. The van der Waals surface area contributed by atoms with Crippen molar-refractivity contribution in [1.29, 1.82) is 0 Å². The van der Waals surface area contributed by atoms with Gasteiger partial charge < -0.3 is 5.73 Å². The Morgan fingerprint density at radius 2 is 2.12 bits per heavy atom. The highest BCUT2D eigenvalue weighted by Crippen LogP contribution is 2.36. The number of rotatable bonds is 1. The summed E-state index contributed by atoms with van der Waals surface area (Å²) >= 11 is 1.83. The van der Waals surface area contributed by atoms with Crippen molar-refractivity contribution in [3.05, 3.63) is 28.8 Å². The van der Waals surface area contributed by atoms with Gasteiger partial charge in [0.25, 0.3) is 0 Å². The molecule has 17 heavy (non-hydrogen) atoms. The molecule has 90 valence electrons. The van der Waals surface area contributed by atoms with Gasteiger partial charge in [-0.1, -0.05) is 18.9 Å². The number of aromatic nitrogens is 1. The first kappa shape index (κ1) is 11.2. The van der Waals surface area contributed by atoms with Gasteiger partial charge in [-0.15, -0.1) is 11.3 Å². The summed E-state index contributed by atoms with van der Waals surface area (Å²) in [5.41, 5.74) is 8.65. The van der Waals surface area contributed by atoms with E-state index in [1.807, 2.05) is 11.3 Å². The van der Waals surface area contributed by atoms with Crippen molar-refractivity contribution in [2.45, 2.75) is 44.6 Å². The molecule has 0 saturated heterocycles. The zero-order valence-electron chi connectivity index (χ0n) is 10.1. The van der Waals surface area contributed by atoms with E-state index >= 15 is 0 Å². The average molecular weight is 246 g/mol. The Morgan fingerprint density at radius 3 is 2.94 bits per heavy atom. The molecule has 1 fully saturated rings. The third-order valence-corrected chi connectivity index (χ3v) is 4.86. The van der Waals surface area contributed by atoms with Gasteiger partial charge in [-0.05, 0) is 37.5 Å². The number of thiazole rings is 1. The SMILES string of the molecule is Cc1ccc2sc(C3CCCCC3N)nc2c1. The van der Waals surface area contributed by atoms with Crippen LogP contribution in [0.5, 0.6) is 0 Å². The van der Waals surface area contributed by atoms with Gasteiger partial charge in [-0.3, -0.25) is 0 Å². The number of aryl methyl sites for hydroxylation is 1. The second kappa shape index (κ2) is 4.39. The predicted molar refractivity (Wildman–Crippen MR) is 73.5 cm³/mol. The van der Waals surface area contributed by atoms with Gasteiger partial charge in [0.05, 0.1) is 15.2 Å². The molecule has 2 N–H and O–H groups in total. The molecule has 0 spiro atoms. The van der Waals surface area contributed by atoms with Crippen LogP contribution in [0.4, 0.5) is 0 Å². The molecule has 0 radical (unpaired) electrons. The maximum absolute atomic E-state index is 6.23. The molecule has 2 aromatic rings. The molecule has 0 bridgehead atoms. The van der Waals surface area contributed by atoms with Crippen LogP contribution in [-0.4, -0.2) is 11.0 Å². The summed E-state index contributed by atoms with van der Waals surface area (Å²) in [6.45, 7) is 2.12. The number of nitrogens with zero attached hydrogens (tertiary/aromatic N) is 1. The van der Waals surface area contributed by atoms with Crippen LogP contribution in [0.2, 0.25) is 0 Å². The maximum Gasteiger partial charge on any atom is 0.0984 e. The standard InChI is InChI=1S/C14H18N2S/c1-9-6-7-13-12(8-9)16-14(17-13)10-4-2-3-5-11(10)15/h6-8,10-11H,2-5,15H2,1H3.